The van der Waals surface area contributed by atoms with Crippen LogP contribution in [0.5, 0.6) is 0 Å². The Morgan fingerprint density at radius 1 is 0.900 bits per heavy atom. The maximum Gasteiger partial charge on any atom is -1.00 e. The van der Waals surface area contributed by atoms with Crippen molar-refractivity contribution in [1.29, 1.82) is 0 Å². The summed E-state index contributed by atoms with van der Waals surface area (Å²) in [7, 11) is 0. The normalized spacial score (nSPS) is 12.7. The van der Waals surface area contributed by atoms with Gasteiger partial charge in [-0.15, -0.1) is 0 Å². The molecule has 0 fully saturated rings. The summed E-state index contributed by atoms with van der Waals surface area (Å²) in [6, 6.07) is 17.9. The van der Waals surface area contributed by atoms with Crippen molar-refractivity contribution in [1.82, 2.24) is 0 Å². The molecule has 0 radical (unpaired) electrons. The molecule has 0 unspecified atom stereocenters. The zero-order chi connectivity index (χ0) is 19.8. The van der Waals surface area contributed by atoms with Crippen molar-refractivity contribution in [3.05, 3.63) is 94.1 Å². The van der Waals surface area contributed by atoms with Crippen molar-refractivity contribution in [3.8, 4) is 0 Å². The van der Waals surface area contributed by atoms with Crippen LogP contribution >= 0.6 is 0 Å². The smallest absolute Gasteiger partial charge is 1.00 e. The number of hydrogen-bond acceptors (Lipinski definition) is 1. The first-order chi connectivity index (χ1) is 13.4. The fourth-order valence-corrected chi connectivity index (χ4v) is 5.29. The summed E-state index contributed by atoms with van der Waals surface area (Å²) in [5.41, 5.74) is 11.0. The molecule has 4 heteroatoms. The molecule has 0 atom stereocenters. The fourth-order valence-electron chi connectivity index (χ4n) is 4.49. The van der Waals surface area contributed by atoms with E-state index in [0.717, 1.165) is 13.0 Å². The molecule has 0 amide bonds. The van der Waals surface area contributed by atoms with Crippen LogP contribution in [0.2, 0.25) is 0 Å². The third kappa shape index (κ3) is 4.87. The number of allylic oxidation sites excluding steroid dienone is 4. The Kier molecular flexibility index (Phi) is 8.42. The summed E-state index contributed by atoms with van der Waals surface area (Å²) in [6.07, 6.45) is 5.70. The number of halogens is 2. The molecule has 3 aromatic carbocycles. The predicted octanol–water partition coefficient (Wildman–Crippen LogP) is 0.975. The second-order valence-corrected chi connectivity index (χ2v) is 8.81. The molecule has 1 aliphatic carbocycles. The van der Waals surface area contributed by atoms with E-state index in [1.807, 2.05) is 0 Å². The van der Waals surface area contributed by atoms with Gasteiger partial charge in [0.1, 0.15) is 0 Å². The summed E-state index contributed by atoms with van der Waals surface area (Å²) in [5.74, 6) is 0. The Morgan fingerprint density at radius 2 is 1.57 bits per heavy atom. The van der Waals surface area contributed by atoms with Crippen molar-refractivity contribution in [2.75, 3.05) is 3.38 Å². The zero-order valence-corrected chi connectivity index (χ0v) is 21.0. The van der Waals surface area contributed by atoms with Crippen molar-refractivity contribution in [3.63, 3.8) is 0 Å². The van der Waals surface area contributed by atoms with Crippen LogP contribution in [0.1, 0.15) is 41.2 Å². The number of fused-ring (bicyclic) bond motifs is 1. The molecule has 0 aromatic heterocycles. The number of aryl methyl sites for hydroxylation is 3. The summed E-state index contributed by atoms with van der Waals surface area (Å²) < 4.78 is 2.42. The van der Waals surface area contributed by atoms with E-state index in [9.17, 15) is 0 Å². The van der Waals surface area contributed by atoms with Crippen LogP contribution < -0.4 is 28.2 Å². The fraction of sp³-hybridized carbons (Fsp3) is 0.231. The Bertz CT molecular complexity index is 1110. The van der Waals surface area contributed by atoms with Gasteiger partial charge in [-0.2, -0.15) is 0 Å². The average molecular weight is 471 g/mol. The maximum absolute atomic E-state index is 2.42. The van der Waals surface area contributed by atoms with E-state index in [0.29, 0.717) is 0 Å². The minimum atomic E-state index is 0. The number of rotatable bonds is 4. The van der Waals surface area contributed by atoms with E-state index in [2.05, 4.69) is 112 Å². The zero-order valence-electron chi connectivity index (χ0n) is 17.9. The summed E-state index contributed by atoms with van der Waals surface area (Å²) in [5, 5.41) is 2.68. The van der Waals surface area contributed by atoms with Crippen LogP contribution in [-0.4, -0.2) is 0 Å². The SMILES string of the molecule is CC1=CCC(c2ccc3ccccc3c2C[N]([Ti+2])c2c(C)cc(C)cc2C)=C1.[Cl-].[Cl-]. The Hall–Kier alpha value is -1.51. The molecule has 3 aromatic rings. The third-order valence-corrected chi connectivity index (χ3v) is 6.25. The summed E-state index contributed by atoms with van der Waals surface area (Å²) in [6.45, 7) is 9.72. The van der Waals surface area contributed by atoms with Crippen molar-refractivity contribution >= 4 is 22.0 Å². The minimum Gasteiger partial charge on any atom is -1.00 e. The quantitative estimate of drug-likeness (QED) is 0.513. The molecule has 0 N–H and O–H groups in total. The average Bonchev–Trinajstić information content (AvgIpc) is 3.07. The van der Waals surface area contributed by atoms with Crippen molar-refractivity contribution < 1.29 is 45.5 Å². The molecule has 1 nitrogen and oxygen atoms in total. The van der Waals surface area contributed by atoms with Gasteiger partial charge in [-0.05, 0) is 0 Å². The maximum atomic E-state index is 2.42. The molecular weight excluding hydrogens is 445 g/mol. The first kappa shape index (κ1) is 24.8. The second kappa shape index (κ2) is 10.2. The first-order valence-electron chi connectivity index (χ1n) is 9.89. The van der Waals surface area contributed by atoms with Gasteiger partial charge in [0.2, 0.25) is 0 Å². The van der Waals surface area contributed by atoms with Gasteiger partial charge in [0.25, 0.3) is 0 Å². The van der Waals surface area contributed by atoms with Crippen LogP contribution in [0.15, 0.2) is 66.3 Å². The molecule has 0 saturated heterocycles. The van der Waals surface area contributed by atoms with Crippen LogP contribution in [0.4, 0.5) is 5.69 Å². The van der Waals surface area contributed by atoms with E-state index in [1.165, 1.54) is 55.4 Å². The number of nitrogens with zero attached hydrogens (tertiary/aromatic N) is 1. The Balaban J connectivity index is 0.00000160. The summed E-state index contributed by atoms with van der Waals surface area (Å²) in [4.78, 5) is 0. The topological polar surface area (TPSA) is 3.24 Å². The van der Waals surface area contributed by atoms with Gasteiger partial charge in [-0.1, -0.05) is 0 Å². The van der Waals surface area contributed by atoms with Gasteiger partial charge < -0.3 is 24.8 Å². The molecule has 0 heterocycles. The van der Waals surface area contributed by atoms with Gasteiger partial charge in [0.15, 0.2) is 0 Å². The van der Waals surface area contributed by atoms with Crippen molar-refractivity contribution in [2.45, 2.75) is 40.7 Å². The third-order valence-electron chi connectivity index (χ3n) is 5.65. The van der Waals surface area contributed by atoms with Crippen LogP contribution in [0.3, 0.4) is 0 Å². The number of anilines is 1. The van der Waals surface area contributed by atoms with Crippen LogP contribution in [-0.2, 0) is 27.2 Å². The minimum absolute atomic E-state index is 0. The van der Waals surface area contributed by atoms with Crippen molar-refractivity contribution in [2.24, 2.45) is 0 Å². The van der Waals surface area contributed by atoms with E-state index in [-0.39, 0.29) is 24.8 Å². The number of benzene rings is 3. The van der Waals surface area contributed by atoms with Gasteiger partial charge in [0.05, 0.1) is 0 Å². The predicted molar refractivity (Wildman–Crippen MR) is 117 cm³/mol. The standard InChI is InChI=1S/C26H26N.2ClH.Ti/c1-17-9-10-22(15-17)24-12-11-21-7-5-6-8-23(21)25(24)16-27-26-19(3)13-18(2)14-20(26)4;;;/h5-9,11-15H,10,16H2,1-4H3;2*1H;/q-1;;;+3/p-2. The van der Waals surface area contributed by atoms with Gasteiger partial charge in [-0.25, -0.2) is 0 Å². The molecule has 4 rings (SSSR count). The summed E-state index contributed by atoms with van der Waals surface area (Å²) >= 11 is 2.22. The molecule has 0 saturated carbocycles. The van der Waals surface area contributed by atoms with Gasteiger partial charge in [0, 0.05) is 0 Å². The van der Waals surface area contributed by atoms with E-state index in [1.54, 1.807) is 0 Å². The molecule has 153 valence electrons. The molecule has 1 aliphatic rings. The Morgan fingerprint density at radius 3 is 2.20 bits per heavy atom. The van der Waals surface area contributed by atoms with E-state index in [4.69, 9.17) is 0 Å². The molecule has 30 heavy (non-hydrogen) atoms. The molecule has 0 aliphatic heterocycles. The van der Waals surface area contributed by atoms with E-state index < -0.39 is 0 Å². The second-order valence-electron chi connectivity index (χ2n) is 7.97. The monoisotopic (exact) mass is 470 g/mol. The van der Waals surface area contributed by atoms with Crippen LogP contribution in [0.25, 0.3) is 16.3 Å². The first-order valence-corrected chi connectivity index (χ1v) is 10.6. The molecule has 0 bridgehead atoms. The molecule has 0 spiro atoms. The van der Waals surface area contributed by atoms with Gasteiger partial charge >= 0.3 is 181 Å². The Labute approximate surface area is 204 Å². The van der Waals surface area contributed by atoms with Crippen LogP contribution in [0, 0.1) is 20.8 Å². The van der Waals surface area contributed by atoms with Gasteiger partial charge in [-0.3, -0.25) is 0 Å². The number of hydrogen-bond donors (Lipinski definition) is 0. The molecular formula is C26H26Cl2NTi. The largest absolute Gasteiger partial charge is 1.00 e. The van der Waals surface area contributed by atoms with E-state index >= 15 is 0 Å².